The van der Waals surface area contributed by atoms with E-state index in [1.165, 1.54) is 10.6 Å². The van der Waals surface area contributed by atoms with E-state index in [9.17, 15) is 9.90 Å². The Hall–Kier alpha value is -4.36. The van der Waals surface area contributed by atoms with Gasteiger partial charge in [-0.15, -0.1) is 0 Å². The van der Waals surface area contributed by atoms with Gasteiger partial charge in [0.05, 0.1) is 29.1 Å². The first-order chi connectivity index (χ1) is 16.6. The molecule has 2 heterocycles. The maximum atomic E-state index is 13.7. The van der Waals surface area contributed by atoms with E-state index in [4.69, 9.17) is 14.8 Å². The summed E-state index contributed by atoms with van der Waals surface area (Å²) in [6, 6.07) is 24.4. The molecule has 5 aromatic rings. The molecule has 0 spiro atoms. The number of aromatic nitrogens is 3. The number of fused-ring (bicyclic) bond motifs is 1. The third-order valence-corrected chi connectivity index (χ3v) is 5.68. The largest absolute Gasteiger partial charge is 0.504 e. The molecule has 170 valence electrons. The second kappa shape index (κ2) is 8.88. The number of hydrogen-bond acceptors (Lipinski definition) is 5. The standard InChI is InChI=1S/C27H23N3O4/c1-17-23(20-12-13-21(32)22(16-20)34-15-14-31)27(33)30-26(28-17)24(18-8-4-2-5-9-18)25(29-30)19-10-6-3-7-11-19/h2-13,16,29,31-32H,14-15H2,1H3. The molecule has 0 unspecified atom stereocenters. The highest BCUT2D eigenvalue weighted by atomic mass is 16.5. The Morgan fingerprint density at radius 1 is 0.912 bits per heavy atom. The number of nitrogens with zero attached hydrogens (tertiary/aromatic N) is 2. The summed E-state index contributed by atoms with van der Waals surface area (Å²) in [4.78, 5) is 18.6. The van der Waals surface area contributed by atoms with Crippen LogP contribution in [-0.4, -0.2) is 38.0 Å². The molecule has 0 amide bonds. The van der Waals surface area contributed by atoms with Crippen molar-refractivity contribution in [1.82, 2.24) is 14.6 Å². The van der Waals surface area contributed by atoms with Gasteiger partial charge in [-0.25, -0.2) is 4.98 Å². The van der Waals surface area contributed by atoms with Crippen molar-refractivity contribution in [3.05, 3.63) is 94.9 Å². The predicted octanol–water partition coefficient (Wildman–Crippen LogP) is 4.41. The Morgan fingerprint density at radius 2 is 1.59 bits per heavy atom. The molecule has 0 aliphatic rings. The van der Waals surface area contributed by atoms with Crippen molar-refractivity contribution in [3.63, 3.8) is 0 Å². The summed E-state index contributed by atoms with van der Waals surface area (Å²) in [5.74, 6) is 0.124. The highest BCUT2D eigenvalue weighted by molar-refractivity contribution is 5.91. The molecule has 0 aliphatic heterocycles. The van der Waals surface area contributed by atoms with E-state index in [0.717, 1.165) is 22.4 Å². The fourth-order valence-electron chi connectivity index (χ4n) is 4.14. The summed E-state index contributed by atoms with van der Waals surface area (Å²) in [5.41, 5.74) is 5.31. The van der Waals surface area contributed by atoms with Crippen LogP contribution in [0.3, 0.4) is 0 Å². The number of aliphatic hydroxyl groups is 1. The minimum Gasteiger partial charge on any atom is -0.504 e. The number of aryl methyl sites for hydroxylation is 1. The molecule has 34 heavy (non-hydrogen) atoms. The molecule has 0 aliphatic carbocycles. The maximum Gasteiger partial charge on any atom is 0.280 e. The van der Waals surface area contributed by atoms with Gasteiger partial charge in [0, 0.05) is 5.56 Å². The van der Waals surface area contributed by atoms with Gasteiger partial charge in [0.15, 0.2) is 17.1 Å². The quantitative estimate of drug-likeness (QED) is 0.354. The molecule has 0 bridgehead atoms. The average Bonchev–Trinajstić information content (AvgIpc) is 3.25. The molecule has 7 nitrogen and oxygen atoms in total. The van der Waals surface area contributed by atoms with Crippen LogP contribution in [0.4, 0.5) is 0 Å². The van der Waals surface area contributed by atoms with Gasteiger partial charge in [0.1, 0.15) is 6.61 Å². The molecule has 3 N–H and O–H groups in total. The van der Waals surface area contributed by atoms with Crippen molar-refractivity contribution in [2.45, 2.75) is 6.92 Å². The highest BCUT2D eigenvalue weighted by Crippen LogP contribution is 2.36. The lowest BCUT2D eigenvalue weighted by molar-refractivity contribution is 0.197. The number of aromatic amines is 1. The number of phenols is 1. The lowest BCUT2D eigenvalue weighted by atomic mass is 10.0. The van der Waals surface area contributed by atoms with Crippen molar-refractivity contribution in [2.24, 2.45) is 0 Å². The summed E-state index contributed by atoms with van der Waals surface area (Å²) < 4.78 is 6.88. The summed E-state index contributed by atoms with van der Waals surface area (Å²) in [6.07, 6.45) is 0. The summed E-state index contributed by atoms with van der Waals surface area (Å²) in [7, 11) is 0. The third-order valence-electron chi connectivity index (χ3n) is 5.68. The normalized spacial score (nSPS) is 11.1. The second-order valence-electron chi connectivity index (χ2n) is 7.88. The second-order valence-corrected chi connectivity index (χ2v) is 7.88. The van der Waals surface area contributed by atoms with Crippen molar-refractivity contribution in [3.8, 4) is 45.0 Å². The fourth-order valence-corrected chi connectivity index (χ4v) is 4.14. The zero-order chi connectivity index (χ0) is 23.7. The number of nitrogens with one attached hydrogen (secondary N) is 1. The zero-order valence-electron chi connectivity index (χ0n) is 18.5. The monoisotopic (exact) mass is 453 g/mol. The molecule has 5 rings (SSSR count). The van der Waals surface area contributed by atoms with Crippen LogP contribution in [0.25, 0.3) is 39.2 Å². The molecule has 0 saturated carbocycles. The van der Waals surface area contributed by atoms with E-state index >= 15 is 0 Å². The van der Waals surface area contributed by atoms with Crippen LogP contribution < -0.4 is 10.3 Å². The molecule has 7 heteroatoms. The number of rotatable bonds is 6. The van der Waals surface area contributed by atoms with Crippen LogP contribution in [0, 0.1) is 6.92 Å². The van der Waals surface area contributed by atoms with Gasteiger partial charge in [-0.2, -0.15) is 4.52 Å². The number of hydrogen-bond donors (Lipinski definition) is 3. The first-order valence-corrected chi connectivity index (χ1v) is 10.9. The number of ether oxygens (including phenoxy) is 1. The highest BCUT2D eigenvalue weighted by Gasteiger charge is 2.21. The van der Waals surface area contributed by atoms with Crippen LogP contribution in [0.15, 0.2) is 83.7 Å². The van der Waals surface area contributed by atoms with E-state index in [1.807, 2.05) is 60.7 Å². The van der Waals surface area contributed by atoms with Crippen molar-refractivity contribution < 1.29 is 14.9 Å². The lowest BCUT2D eigenvalue weighted by Crippen LogP contribution is -2.19. The maximum absolute atomic E-state index is 13.7. The Labute approximate surface area is 195 Å². The SMILES string of the molecule is Cc1nc2c(-c3ccccc3)c(-c3ccccc3)[nH]n2c(=O)c1-c1ccc(O)c(OCCO)c1. The number of aliphatic hydroxyl groups excluding tert-OH is 1. The van der Waals surface area contributed by atoms with E-state index < -0.39 is 0 Å². The van der Waals surface area contributed by atoms with Gasteiger partial charge in [-0.1, -0.05) is 66.7 Å². The molecule has 0 radical (unpaired) electrons. The van der Waals surface area contributed by atoms with Gasteiger partial charge in [0.25, 0.3) is 5.56 Å². The van der Waals surface area contributed by atoms with Gasteiger partial charge in [-0.3, -0.25) is 9.89 Å². The number of aromatic hydroxyl groups is 1. The molecular formula is C27H23N3O4. The number of benzene rings is 3. The van der Waals surface area contributed by atoms with Gasteiger partial charge < -0.3 is 14.9 Å². The van der Waals surface area contributed by atoms with Crippen LogP contribution in [0.1, 0.15) is 5.69 Å². The summed E-state index contributed by atoms with van der Waals surface area (Å²) in [5, 5.41) is 22.4. The van der Waals surface area contributed by atoms with Crippen molar-refractivity contribution in [1.29, 1.82) is 0 Å². The van der Waals surface area contributed by atoms with Crippen molar-refractivity contribution in [2.75, 3.05) is 13.2 Å². The third kappa shape index (κ3) is 3.72. The smallest absolute Gasteiger partial charge is 0.280 e. The Kier molecular flexibility index (Phi) is 5.61. The van der Waals surface area contributed by atoms with Gasteiger partial charge in [-0.05, 0) is 30.2 Å². The van der Waals surface area contributed by atoms with Gasteiger partial charge in [0.2, 0.25) is 0 Å². The number of phenolic OH excluding ortho intramolecular Hbond substituents is 1. The summed E-state index contributed by atoms with van der Waals surface area (Å²) in [6.45, 7) is 1.64. The molecule has 0 fully saturated rings. The van der Waals surface area contributed by atoms with Gasteiger partial charge >= 0.3 is 0 Å². The molecule has 2 aromatic heterocycles. The van der Waals surface area contributed by atoms with Crippen molar-refractivity contribution >= 4 is 5.65 Å². The van der Waals surface area contributed by atoms with E-state index in [2.05, 4.69) is 5.10 Å². The Morgan fingerprint density at radius 3 is 2.26 bits per heavy atom. The molecular weight excluding hydrogens is 430 g/mol. The molecule has 3 aromatic carbocycles. The predicted molar refractivity (Wildman–Crippen MR) is 131 cm³/mol. The lowest BCUT2D eigenvalue weighted by Gasteiger charge is -2.11. The zero-order valence-corrected chi connectivity index (χ0v) is 18.5. The first-order valence-electron chi connectivity index (χ1n) is 10.9. The van der Waals surface area contributed by atoms with Crippen LogP contribution >= 0.6 is 0 Å². The van der Waals surface area contributed by atoms with Crippen LogP contribution in [-0.2, 0) is 0 Å². The average molecular weight is 453 g/mol. The van der Waals surface area contributed by atoms with Crippen LogP contribution in [0.5, 0.6) is 11.5 Å². The molecule has 0 saturated heterocycles. The number of H-pyrrole nitrogens is 1. The van der Waals surface area contributed by atoms with E-state index in [0.29, 0.717) is 22.5 Å². The molecule has 0 atom stereocenters. The van der Waals surface area contributed by atoms with E-state index in [1.54, 1.807) is 19.1 Å². The minimum absolute atomic E-state index is 0.0315. The first kappa shape index (κ1) is 21.5. The fraction of sp³-hybridized carbons (Fsp3) is 0.111. The Balaban J connectivity index is 1.77. The van der Waals surface area contributed by atoms with E-state index in [-0.39, 0.29) is 30.3 Å². The van der Waals surface area contributed by atoms with Crippen LogP contribution in [0.2, 0.25) is 0 Å². The topological polar surface area (TPSA) is 99.9 Å². The minimum atomic E-state index is -0.263. The Bertz CT molecular complexity index is 1520. The summed E-state index contributed by atoms with van der Waals surface area (Å²) >= 11 is 0.